The second-order valence-electron chi connectivity index (χ2n) is 8.60. The molecule has 37 heavy (non-hydrogen) atoms. The van der Waals surface area contributed by atoms with Crippen molar-refractivity contribution in [1.29, 1.82) is 0 Å². The number of aromatic amines is 1. The van der Waals surface area contributed by atoms with Crippen molar-refractivity contribution in [2.24, 2.45) is 0 Å². The van der Waals surface area contributed by atoms with Gasteiger partial charge in [0.2, 0.25) is 0 Å². The molecule has 0 spiro atoms. The van der Waals surface area contributed by atoms with Crippen molar-refractivity contribution in [2.45, 2.75) is 13.5 Å². The van der Waals surface area contributed by atoms with Crippen LogP contribution < -0.4 is 14.8 Å². The van der Waals surface area contributed by atoms with Gasteiger partial charge in [-0.1, -0.05) is 29.8 Å². The van der Waals surface area contributed by atoms with E-state index in [2.05, 4.69) is 15.5 Å². The molecule has 0 bridgehead atoms. The van der Waals surface area contributed by atoms with E-state index in [9.17, 15) is 9.18 Å². The van der Waals surface area contributed by atoms with Gasteiger partial charge in [-0.3, -0.25) is 9.89 Å². The Bertz CT molecular complexity index is 1580. The van der Waals surface area contributed by atoms with Crippen LogP contribution in [0.1, 0.15) is 21.5 Å². The van der Waals surface area contributed by atoms with Gasteiger partial charge in [-0.25, -0.2) is 9.37 Å². The summed E-state index contributed by atoms with van der Waals surface area (Å²) < 4.78 is 24.4. The minimum Gasteiger partial charge on any atom is -0.493 e. The highest BCUT2D eigenvalue weighted by atomic mass is 19.1. The van der Waals surface area contributed by atoms with Crippen molar-refractivity contribution in [1.82, 2.24) is 20.5 Å². The summed E-state index contributed by atoms with van der Waals surface area (Å²) in [6.45, 7) is 2.37. The molecule has 1 amide bonds. The normalized spacial score (nSPS) is 10.9. The number of benzene rings is 3. The second-order valence-corrected chi connectivity index (χ2v) is 8.60. The zero-order valence-electron chi connectivity index (χ0n) is 20.6. The van der Waals surface area contributed by atoms with E-state index in [1.54, 1.807) is 44.6 Å². The Hall–Kier alpha value is -4.72. The van der Waals surface area contributed by atoms with Crippen LogP contribution in [0.15, 0.2) is 72.8 Å². The van der Waals surface area contributed by atoms with Crippen LogP contribution in [0.5, 0.6) is 11.5 Å². The topological polar surface area (TPSA) is 89.1 Å². The van der Waals surface area contributed by atoms with E-state index in [-0.39, 0.29) is 11.7 Å². The largest absolute Gasteiger partial charge is 0.493 e. The van der Waals surface area contributed by atoms with Crippen LogP contribution in [0.4, 0.5) is 4.39 Å². The Balaban J connectivity index is 1.61. The van der Waals surface area contributed by atoms with Gasteiger partial charge in [0.1, 0.15) is 5.82 Å². The number of nitrogens with zero attached hydrogens (tertiary/aromatic N) is 2. The van der Waals surface area contributed by atoms with Crippen LogP contribution in [-0.2, 0) is 6.54 Å². The SMILES string of the molecule is COc1ccc(-c2cc(C(=O)NCc3ccc(C)cc3)c3c(-c4ccc(F)cc4)[nH]nc3n2)cc1OC. The standard InChI is InChI=1S/C29H25FN4O3/c1-17-4-6-18(7-5-17)16-31-29(35)22-15-23(20-10-13-24(36-2)25(14-20)37-3)32-28-26(22)27(33-34-28)19-8-11-21(30)12-9-19/h4-15H,16H2,1-3H3,(H,31,35)(H,32,33,34). The first-order valence-electron chi connectivity index (χ1n) is 11.7. The molecule has 5 aromatic rings. The van der Waals surface area contributed by atoms with Crippen molar-refractivity contribution >= 4 is 16.9 Å². The molecule has 0 aliphatic carbocycles. The van der Waals surface area contributed by atoms with Gasteiger partial charge in [0, 0.05) is 17.7 Å². The van der Waals surface area contributed by atoms with Crippen molar-refractivity contribution in [3.8, 4) is 34.0 Å². The number of fused-ring (bicyclic) bond motifs is 1. The van der Waals surface area contributed by atoms with Crippen molar-refractivity contribution < 1.29 is 18.7 Å². The molecule has 0 aliphatic heterocycles. The van der Waals surface area contributed by atoms with Crippen LogP contribution in [-0.4, -0.2) is 35.3 Å². The Morgan fingerprint density at radius 3 is 2.32 bits per heavy atom. The third kappa shape index (κ3) is 4.86. The molecule has 5 rings (SSSR count). The molecule has 0 aliphatic rings. The third-order valence-electron chi connectivity index (χ3n) is 6.15. The lowest BCUT2D eigenvalue weighted by Crippen LogP contribution is -2.23. The molecule has 8 heteroatoms. The molecule has 0 atom stereocenters. The highest BCUT2D eigenvalue weighted by molar-refractivity contribution is 6.11. The van der Waals surface area contributed by atoms with Crippen LogP contribution >= 0.6 is 0 Å². The number of halogens is 1. The smallest absolute Gasteiger partial charge is 0.252 e. The molecule has 7 nitrogen and oxygen atoms in total. The summed E-state index contributed by atoms with van der Waals surface area (Å²) in [4.78, 5) is 18.3. The fourth-order valence-corrected chi connectivity index (χ4v) is 4.16. The van der Waals surface area contributed by atoms with Gasteiger partial charge in [0.15, 0.2) is 17.1 Å². The van der Waals surface area contributed by atoms with E-state index in [0.717, 1.165) is 16.7 Å². The number of rotatable bonds is 7. The van der Waals surface area contributed by atoms with Crippen LogP contribution in [0, 0.1) is 12.7 Å². The van der Waals surface area contributed by atoms with Gasteiger partial charge < -0.3 is 14.8 Å². The average molecular weight is 497 g/mol. The van der Waals surface area contributed by atoms with Crippen LogP contribution in [0.2, 0.25) is 0 Å². The number of amides is 1. The number of H-pyrrole nitrogens is 1. The number of aryl methyl sites for hydroxylation is 1. The quantitative estimate of drug-likeness (QED) is 0.302. The highest BCUT2D eigenvalue weighted by Crippen LogP contribution is 2.35. The number of methoxy groups -OCH3 is 2. The predicted molar refractivity (Wildman–Crippen MR) is 140 cm³/mol. The van der Waals surface area contributed by atoms with Crippen molar-refractivity contribution in [3.05, 3.63) is 95.3 Å². The van der Waals surface area contributed by atoms with E-state index in [1.807, 2.05) is 37.3 Å². The van der Waals surface area contributed by atoms with Gasteiger partial charge in [-0.05, 0) is 61.0 Å². The maximum absolute atomic E-state index is 13.6. The molecule has 0 saturated heterocycles. The van der Waals surface area contributed by atoms with Gasteiger partial charge in [-0.15, -0.1) is 0 Å². The lowest BCUT2D eigenvalue weighted by atomic mass is 10.0. The van der Waals surface area contributed by atoms with Crippen molar-refractivity contribution in [3.63, 3.8) is 0 Å². The first kappa shape index (κ1) is 24.0. The Labute approximate surface area is 213 Å². The van der Waals surface area contributed by atoms with Gasteiger partial charge in [-0.2, -0.15) is 5.10 Å². The number of pyridine rings is 1. The van der Waals surface area contributed by atoms with E-state index in [1.165, 1.54) is 12.1 Å². The second kappa shape index (κ2) is 10.1. The molecule has 3 aromatic carbocycles. The van der Waals surface area contributed by atoms with Gasteiger partial charge in [0.05, 0.1) is 36.6 Å². The van der Waals surface area contributed by atoms with Gasteiger partial charge >= 0.3 is 0 Å². The van der Waals surface area contributed by atoms with E-state index in [4.69, 9.17) is 14.5 Å². The molecule has 0 fully saturated rings. The average Bonchev–Trinajstić information content (AvgIpc) is 3.36. The Morgan fingerprint density at radius 1 is 0.919 bits per heavy atom. The van der Waals surface area contributed by atoms with E-state index >= 15 is 0 Å². The number of hydrogen-bond donors (Lipinski definition) is 2. The maximum atomic E-state index is 13.6. The first-order valence-corrected chi connectivity index (χ1v) is 11.7. The highest BCUT2D eigenvalue weighted by Gasteiger charge is 2.21. The molecule has 2 aromatic heterocycles. The predicted octanol–water partition coefficient (Wildman–Crippen LogP) is 5.69. The number of carbonyl (C=O) groups excluding carboxylic acids is 1. The monoisotopic (exact) mass is 496 g/mol. The summed E-state index contributed by atoms with van der Waals surface area (Å²) in [7, 11) is 3.13. The number of nitrogens with one attached hydrogen (secondary N) is 2. The fourth-order valence-electron chi connectivity index (χ4n) is 4.16. The molecule has 0 radical (unpaired) electrons. The maximum Gasteiger partial charge on any atom is 0.252 e. The Morgan fingerprint density at radius 2 is 1.62 bits per heavy atom. The molecular weight excluding hydrogens is 471 g/mol. The summed E-state index contributed by atoms with van der Waals surface area (Å²) in [5, 5.41) is 10.9. The van der Waals surface area contributed by atoms with Crippen LogP contribution in [0.25, 0.3) is 33.5 Å². The molecule has 0 unspecified atom stereocenters. The number of hydrogen-bond acceptors (Lipinski definition) is 5. The zero-order valence-corrected chi connectivity index (χ0v) is 20.6. The molecule has 186 valence electrons. The summed E-state index contributed by atoms with van der Waals surface area (Å²) in [5.41, 5.74) is 5.45. The fraction of sp³-hybridized carbons (Fsp3) is 0.138. The number of aromatic nitrogens is 3. The third-order valence-corrected chi connectivity index (χ3v) is 6.15. The van der Waals surface area contributed by atoms with E-state index < -0.39 is 0 Å². The molecular formula is C29H25FN4O3. The minimum atomic E-state index is -0.350. The lowest BCUT2D eigenvalue weighted by molar-refractivity contribution is 0.0952. The first-order chi connectivity index (χ1) is 18.0. The van der Waals surface area contributed by atoms with Gasteiger partial charge in [0.25, 0.3) is 5.91 Å². The number of ether oxygens (including phenoxy) is 2. The van der Waals surface area contributed by atoms with Crippen LogP contribution in [0.3, 0.4) is 0 Å². The minimum absolute atomic E-state index is 0.278. The number of carbonyl (C=O) groups is 1. The summed E-state index contributed by atoms with van der Waals surface area (Å²) in [6, 6.07) is 21.1. The summed E-state index contributed by atoms with van der Waals surface area (Å²) in [6.07, 6.45) is 0. The zero-order chi connectivity index (χ0) is 25.9. The Kier molecular flexibility index (Phi) is 6.55. The van der Waals surface area contributed by atoms with E-state index in [0.29, 0.717) is 51.6 Å². The summed E-state index contributed by atoms with van der Waals surface area (Å²) in [5.74, 6) is 0.500. The molecule has 2 N–H and O–H groups in total. The molecule has 2 heterocycles. The lowest BCUT2D eigenvalue weighted by Gasteiger charge is -2.12. The summed E-state index contributed by atoms with van der Waals surface area (Å²) >= 11 is 0. The molecule has 0 saturated carbocycles. The van der Waals surface area contributed by atoms with Crippen molar-refractivity contribution in [2.75, 3.05) is 14.2 Å².